The highest BCUT2D eigenvalue weighted by Crippen LogP contribution is 2.42. The van der Waals surface area contributed by atoms with E-state index in [1.54, 1.807) is 29.5 Å². The van der Waals surface area contributed by atoms with Crippen molar-refractivity contribution in [3.05, 3.63) is 57.8 Å². The third-order valence-corrected chi connectivity index (χ3v) is 4.41. The van der Waals surface area contributed by atoms with Gasteiger partial charge in [0.05, 0.1) is 0 Å². The van der Waals surface area contributed by atoms with Gasteiger partial charge in [-0.1, -0.05) is 30.3 Å². The third-order valence-electron chi connectivity index (χ3n) is 3.51. The summed E-state index contributed by atoms with van der Waals surface area (Å²) in [6, 6.07) is 10.6. The van der Waals surface area contributed by atoms with Crippen molar-refractivity contribution in [1.29, 1.82) is 0 Å². The number of benzene rings is 1. The van der Waals surface area contributed by atoms with Crippen LogP contribution >= 0.6 is 11.3 Å². The largest absolute Gasteiger partial charge is 0.310 e. The lowest BCUT2D eigenvalue weighted by molar-refractivity contribution is -0.00348. The van der Waals surface area contributed by atoms with Crippen molar-refractivity contribution in [2.75, 3.05) is 0 Å². The molecule has 0 spiro atoms. The molecule has 1 atom stereocenters. The highest BCUT2D eigenvalue weighted by molar-refractivity contribution is 7.09. The average Bonchev–Trinajstić information content (AvgIpc) is 2.88. The molecule has 3 rings (SSSR count). The van der Waals surface area contributed by atoms with Gasteiger partial charge in [-0.3, -0.25) is 4.79 Å². The molecule has 0 aliphatic heterocycles. The lowest BCUT2D eigenvalue weighted by Gasteiger charge is -2.30. The maximum absolute atomic E-state index is 13.8. The van der Waals surface area contributed by atoms with E-state index < -0.39 is 11.7 Å². The van der Waals surface area contributed by atoms with Gasteiger partial charge in [0.25, 0.3) is 0 Å². The van der Waals surface area contributed by atoms with Gasteiger partial charge in [0.15, 0.2) is 0 Å². The Morgan fingerprint density at radius 1 is 1.21 bits per heavy atom. The molecule has 1 aromatic carbocycles. The first-order valence-corrected chi connectivity index (χ1v) is 7.00. The number of hydrogen-bond acceptors (Lipinski definition) is 2. The van der Waals surface area contributed by atoms with E-state index in [9.17, 15) is 13.6 Å². The van der Waals surface area contributed by atoms with Crippen LogP contribution in [0.5, 0.6) is 0 Å². The molecule has 98 valence electrons. The van der Waals surface area contributed by atoms with Crippen molar-refractivity contribution >= 4 is 17.1 Å². The van der Waals surface area contributed by atoms with Gasteiger partial charge in [-0.2, -0.15) is 8.78 Å². The minimum absolute atomic E-state index is 0.181. The Balaban J connectivity index is 2.01. The van der Waals surface area contributed by atoms with Gasteiger partial charge >= 0.3 is 5.92 Å². The molecule has 1 aliphatic rings. The quantitative estimate of drug-likeness (QED) is 0.800. The van der Waals surface area contributed by atoms with Gasteiger partial charge in [-0.15, -0.1) is 11.3 Å². The van der Waals surface area contributed by atoms with E-state index in [0.717, 1.165) is 10.4 Å². The molecular formula is C15H12F2OS. The molecule has 1 aromatic heterocycles. The molecule has 1 aliphatic carbocycles. The van der Waals surface area contributed by atoms with Crippen LogP contribution in [0.1, 0.15) is 33.1 Å². The normalized spacial score (nSPS) is 21.2. The average molecular weight is 278 g/mol. The molecule has 0 fully saturated rings. The summed E-state index contributed by atoms with van der Waals surface area (Å²) in [6.45, 7) is 0. The van der Waals surface area contributed by atoms with Gasteiger partial charge in [-0.25, -0.2) is 0 Å². The van der Waals surface area contributed by atoms with Crippen LogP contribution < -0.4 is 0 Å². The van der Waals surface area contributed by atoms with Crippen LogP contribution in [0, 0.1) is 0 Å². The van der Waals surface area contributed by atoms with E-state index in [2.05, 4.69) is 0 Å². The lowest BCUT2D eigenvalue weighted by Crippen LogP contribution is -2.36. The van der Waals surface area contributed by atoms with E-state index >= 15 is 0 Å². The topological polar surface area (TPSA) is 17.1 Å². The highest BCUT2D eigenvalue weighted by atomic mass is 32.1. The molecule has 19 heavy (non-hydrogen) atoms. The van der Waals surface area contributed by atoms with Gasteiger partial charge in [-0.05, 0) is 29.3 Å². The van der Waals surface area contributed by atoms with Gasteiger partial charge in [0.2, 0.25) is 5.78 Å². The first kappa shape index (κ1) is 12.5. The molecule has 0 N–H and O–H groups in total. The number of hydrogen-bond donors (Lipinski definition) is 0. The number of alkyl halides is 2. The zero-order valence-electron chi connectivity index (χ0n) is 10.1. The van der Waals surface area contributed by atoms with Gasteiger partial charge in [0.1, 0.15) is 0 Å². The van der Waals surface area contributed by atoms with Crippen LogP contribution in [0.2, 0.25) is 0 Å². The Kier molecular flexibility index (Phi) is 2.97. The SMILES string of the molecule is O=C1c2ccccc2C(Cc2cccs2)CC1(F)F. The second kappa shape index (κ2) is 4.53. The van der Waals surface area contributed by atoms with Gasteiger partial charge < -0.3 is 0 Å². The Labute approximate surface area is 113 Å². The van der Waals surface area contributed by atoms with Crippen LogP contribution in [0.15, 0.2) is 41.8 Å². The highest BCUT2D eigenvalue weighted by Gasteiger charge is 2.47. The molecule has 0 saturated carbocycles. The summed E-state index contributed by atoms with van der Waals surface area (Å²) in [5.41, 5.74) is 0.937. The standard InChI is InChI=1S/C15H12F2OS/c16-15(17)9-10(8-11-4-3-7-19-11)12-5-1-2-6-13(12)14(15)18/h1-7,10H,8-9H2. The number of carbonyl (C=O) groups excluding carboxylic acids is 1. The van der Waals surface area contributed by atoms with E-state index in [4.69, 9.17) is 0 Å². The molecule has 1 heterocycles. The van der Waals surface area contributed by atoms with Crippen LogP contribution in [0.4, 0.5) is 8.78 Å². The number of ketones is 1. The summed E-state index contributed by atoms with van der Waals surface area (Å²) in [5, 5.41) is 1.94. The molecule has 2 aromatic rings. The summed E-state index contributed by atoms with van der Waals surface area (Å²) in [5.74, 6) is -4.57. The second-order valence-electron chi connectivity index (χ2n) is 4.81. The Morgan fingerprint density at radius 3 is 2.74 bits per heavy atom. The van der Waals surface area contributed by atoms with Crippen molar-refractivity contribution in [2.45, 2.75) is 24.7 Å². The summed E-state index contributed by atoms with van der Waals surface area (Å²) in [6.07, 6.45) is 0.179. The van der Waals surface area contributed by atoms with Crippen LogP contribution in [0.25, 0.3) is 0 Å². The zero-order chi connectivity index (χ0) is 13.5. The van der Waals surface area contributed by atoms with E-state index in [0.29, 0.717) is 6.42 Å². The van der Waals surface area contributed by atoms with Crippen molar-refractivity contribution in [1.82, 2.24) is 0 Å². The van der Waals surface area contributed by atoms with Crippen LogP contribution in [-0.4, -0.2) is 11.7 Å². The first-order valence-electron chi connectivity index (χ1n) is 6.12. The van der Waals surface area contributed by atoms with Crippen molar-refractivity contribution in [3.8, 4) is 0 Å². The fraction of sp³-hybridized carbons (Fsp3) is 0.267. The van der Waals surface area contributed by atoms with Crippen LogP contribution in [0.3, 0.4) is 0 Å². The third kappa shape index (κ3) is 2.21. The predicted molar refractivity (Wildman–Crippen MR) is 71.1 cm³/mol. The van der Waals surface area contributed by atoms with E-state index in [1.807, 2.05) is 17.5 Å². The molecule has 0 radical (unpaired) electrons. The molecular weight excluding hydrogens is 266 g/mol. The maximum Gasteiger partial charge on any atom is 0.310 e. The predicted octanol–water partition coefficient (Wildman–Crippen LogP) is 4.30. The smallest absolute Gasteiger partial charge is 0.287 e. The number of rotatable bonds is 2. The zero-order valence-corrected chi connectivity index (χ0v) is 10.9. The lowest BCUT2D eigenvalue weighted by atomic mass is 9.78. The Hall–Kier alpha value is -1.55. The van der Waals surface area contributed by atoms with Gasteiger partial charge in [0, 0.05) is 16.9 Å². The number of fused-ring (bicyclic) bond motifs is 1. The molecule has 0 bridgehead atoms. The molecule has 1 nitrogen and oxygen atoms in total. The fourth-order valence-corrected chi connectivity index (χ4v) is 3.41. The Morgan fingerprint density at radius 2 is 2.00 bits per heavy atom. The summed E-state index contributed by atoms with van der Waals surface area (Å²) >= 11 is 1.56. The fourth-order valence-electron chi connectivity index (χ4n) is 2.62. The monoisotopic (exact) mass is 278 g/mol. The minimum Gasteiger partial charge on any atom is -0.287 e. The molecule has 1 unspecified atom stereocenters. The van der Waals surface area contributed by atoms with E-state index in [1.165, 1.54) is 6.07 Å². The van der Waals surface area contributed by atoms with Crippen LogP contribution in [-0.2, 0) is 6.42 Å². The summed E-state index contributed by atoms with van der Waals surface area (Å²) in [4.78, 5) is 12.8. The number of Topliss-reactive ketones (excluding diaryl/α,β-unsaturated/α-hetero) is 1. The summed E-state index contributed by atoms with van der Waals surface area (Å²) < 4.78 is 27.6. The number of halogens is 2. The maximum atomic E-state index is 13.8. The first-order chi connectivity index (χ1) is 9.08. The summed E-state index contributed by atoms with van der Waals surface area (Å²) in [7, 11) is 0. The Bertz CT molecular complexity index is 604. The minimum atomic E-state index is -3.24. The molecule has 0 saturated heterocycles. The molecule has 0 amide bonds. The van der Waals surface area contributed by atoms with E-state index in [-0.39, 0.29) is 17.9 Å². The van der Waals surface area contributed by atoms with Crippen molar-refractivity contribution < 1.29 is 13.6 Å². The second-order valence-corrected chi connectivity index (χ2v) is 5.84. The van der Waals surface area contributed by atoms with Crippen molar-refractivity contribution in [2.24, 2.45) is 0 Å². The number of carbonyl (C=O) groups is 1. The number of thiophene rings is 1. The van der Waals surface area contributed by atoms with Crippen molar-refractivity contribution in [3.63, 3.8) is 0 Å². The molecule has 4 heteroatoms.